The maximum atomic E-state index is 13.5. The van der Waals surface area contributed by atoms with E-state index in [4.69, 9.17) is 18.9 Å². The molecule has 3 aliphatic heterocycles. The molecule has 0 bridgehead atoms. The molecule has 1 N–H and O–H groups in total. The second-order valence-corrected chi connectivity index (χ2v) is 10.3. The largest absolute Gasteiger partial charge is 0.457 e. The minimum atomic E-state index is -0.623. The number of allylic oxidation sites excluding steroid dienone is 2. The van der Waals surface area contributed by atoms with Crippen molar-refractivity contribution in [1.82, 2.24) is 15.1 Å². The molecule has 9 nitrogen and oxygen atoms in total. The zero-order chi connectivity index (χ0) is 24.9. The van der Waals surface area contributed by atoms with Gasteiger partial charge in [0, 0.05) is 56.6 Å². The third-order valence-electron chi connectivity index (χ3n) is 6.29. The number of ether oxygens (including phenoxy) is 4. The molecule has 0 aromatic carbocycles. The summed E-state index contributed by atoms with van der Waals surface area (Å²) in [5, 5.41) is 3.20. The fourth-order valence-electron chi connectivity index (χ4n) is 4.69. The molecule has 2 fully saturated rings. The van der Waals surface area contributed by atoms with E-state index >= 15 is 0 Å². The molecule has 3 heterocycles. The van der Waals surface area contributed by atoms with Crippen LogP contribution < -0.4 is 5.32 Å². The number of nitrogens with zero attached hydrogens (tertiary/aromatic N) is 2. The molecule has 3 aliphatic rings. The van der Waals surface area contributed by atoms with Crippen molar-refractivity contribution >= 4 is 11.9 Å². The first-order chi connectivity index (χ1) is 16.0. The third kappa shape index (κ3) is 7.28. The zero-order valence-corrected chi connectivity index (χ0v) is 21.6. The molecular weight excluding hydrogens is 438 g/mol. The van der Waals surface area contributed by atoms with Crippen LogP contribution in [0.1, 0.15) is 41.5 Å². The molecule has 1 unspecified atom stereocenters. The molecule has 0 aromatic rings. The topological polar surface area (TPSA) is 89.6 Å². The smallest absolute Gasteiger partial charge is 0.336 e. The van der Waals surface area contributed by atoms with E-state index in [0.717, 1.165) is 26.2 Å². The lowest BCUT2D eigenvalue weighted by Crippen LogP contribution is -2.48. The van der Waals surface area contributed by atoms with Gasteiger partial charge in [0.25, 0.3) is 0 Å². The van der Waals surface area contributed by atoms with Gasteiger partial charge in [0.15, 0.2) is 0 Å². The predicted octanol–water partition coefficient (Wildman–Crippen LogP) is 1.69. The van der Waals surface area contributed by atoms with E-state index in [9.17, 15) is 9.59 Å². The minimum Gasteiger partial charge on any atom is -0.457 e. The molecule has 192 valence electrons. The summed E-state index contributed by atoms with van der Waals surface area (Å²) in [7, 11) is 0. The Bertz CT molecular complexity index is 784. The summed E-state index contributed by atoms with van der Waals surface area (Å²) in [4.78, 5) is 31.0. The Labute approximate surface area is 203 Å². The fraction of sp³-hybridized carbons (Fsp3) is 0.760. The van der Waals surface area contributed by atoms with Crippen molar-refractivity contribution in [2.75, 3.05) is 65.7 Å². The number of rotatable bonds is 7. The minimum absolute atomic E-state index is 0.298. The number of nitrogens with one attached hydrogen (secondary N) is 1. The lowest BCUT2D eigenvalue weighted by atomic mass is 9.87. The van der Waals surface area contributed by atoms with E-state index in [1.165, 1.54) is 0 Å². The van der Waals surface area contributed by atoms with E-state index in [1.54, 1.807) is 0 Å². The second-order valence-electron chi connectivity index (χ2n) is 10.3. The Morgan fingerprint density at radius 1 is 0.912 bits per heavy atom. The van der Waals surface area contributed by atoms with Crippen LogP contribution in [0.15, 0.2) is 22.5 Å². The van der Waals surface area contributed by atoms with E-state index in [1.807, 2.05) is 41.5 Å². The van der Waals surface area contributed by atoms with Crippen LogP contribution in [0.2, 0.25) is 0 Å². The number of carbonyl (C=O) groups excluding carboxylic acids is 2. The summed E-state index contributed by atoms with van der Waals surface area (Å²) in [6.07, 6.45) is -0.298. The third-order valence-corrected chi connectivity index (χ3v) is 6.29. The first kappa shape index (κ1) is 26.7. The van der Waals surface area contributed by atoms with Crippen LogP contribution in [-0.2, 0) is 28.5 Å². The molecule has 0 aliphatic carbocycles. The lowest BCUT2D eigenvalue weighted by Gasteiger charge is -2.35. The van der Waals surface area contributed by atoms with Crippen LogP contribution >= 0.6 is 0 Å². The summed E-state index contributed by atoms with van der Waals surface area (Å²) >= 11 is 0. The Morgan fingerprint density at radius 2 is 1.35 bits per heavy atom. The van der Waals surface area contributed by atoms with Crippen molar-refractivity contribution < 1.29 is 28.5 Å². The number of carbonyl (C=O) groups is 2. The van der Waals surface area contributed by atoms with Gasteiger partial charge in [-0.3, -0.25) is 9.80 Å². The lowest BCUT2D eigenvalue weighted by molar-refractivity contribution is -0.150. The zero-order valence-electron chi connectivity index (χ0n) is 21.6. The van der Waals surface area contributed by atoms with E-state index in [-0.39, 0.29) is 6.10 Å². The molecule has 0 saturated carbocycles. The molecule has 1 atom stereocenters. The van der Waals surface area contributed by atoms with Gasteiger partial charge in [-0.1, -0.05) is 6.92 Å². The standard InChI is InChI=1S/C25H41N3O6/c1-17-21(18(2)26-19(3)22(17)24(30)34-25(4,5)6)23(29)33-20(15-27-7-11-31-12-8-27)16-28-9-13-32-14-10-28/h17,20,26H,7-16H2,1-6H3. The van der Waals surface area contributed by atoms with Crippen LogP contribution in [0.3, 0.4) is 0 Å². The first-order valence-corrected chi connectivity index (χ1v) is 12.3. The highest BCUT2D eigenvalue weighted by molar-refractivity contribution is 5.97. The van der Waals surface area contributed by atoms with Crippen molar-refractivity contribution in [2.24, 2.45) is 5.92 Å². The van der Waals surface area contributed by atoms with Crippen LogP contribution in [0.25, 0.3) is 0 Å². The van der Waals surface area contributed by atoms with Gasteiger partial charge in [0.2, 0.25) is 0 Å². The quantitative estimate of drug-likeness (QED) is 0.548. The van der Waals surface area contributed by atoms with Gasteiger partial charge in [-0.2, -0.15) is 0 Å². The summed E-state index contributed by atoms with van der Waals surface area (Å²) in [6, 6.07) is 0. The average Bonchev–Trinajstić information content (AvgIpc) is 2.73. The number of hydrogen-bond donors (Lipinski definition) is 1. The maximum absolute atomic E-state index is 13.5. The van der Waals surface area contributed by atoms with Crippen LogP contribution in [-0.4, -0.2) is 99.1 Å². The molecular formula is C25H41N3O6. The molecule has 9 heteroatoms. The molecule has 0 radical (unpaired) electrons. The van der Waals surface area contributed by atoms with Gasteiger partial charge in [-0.15, -0.1) is 0 Å². The summed E-state index contributed by atoms with van der Waals surface area (Å²) < 4.78 is 22.7. The number of esters is 2. The van der Waals surface area contributed by atoms with E-state index in [0.29, 0.717) is 62.1 Å². The van der Waals surface area contributed by atoms with Gasteiger partial charge >= 0.3 is 11.9 Å². The van der Waals surface area contributed by atoms with Crippen molar-refractivity contribution in [1.29, 1.82) is 0 Å². The van der Waals surface area contributed by atoms with Gasteiger partial charge < -0.3 is 24.3 Å². The summed E-state index contributed by atoms with van der Waals surface area (Å²) in [5.74, 6) is -1.24. The fourth-order valence-corrected chi connectivity index (χ4v) is 4.69. The SMILES string of the molecule is CC1=C(C(=O)OC(CN2CCOCC2)CN2CCOCC2)C(C)C(C(=O)OC(C)(C)C)=C(C)N1. The Balaban J connectivity index is 1.74. The normalized spacial score (nSPS) is 23.2. The molecule has 0 amide bonds. The van der Waals surface area contributed by atoms with Crippen LogP contribution in [0.4, 0.5) is 0 Å². The highest BCUT2D eigenvalue weighted by atomic mass is 16.6. The van der Waals surface area contributed by atoms with Gasteiger partial charge in [0.1, 0.15) is 11.7 Å². The van der Waals surface area contributed by atoms with Crippen LogP contribution in [0, 0.1) is 5.92 Å². The van der Waals surface area contributed by atoms with E-state index in [2.05, 4.69) is 15.1 Å². The second kappa shape index (κ2) is 11.7. The monoisotopic (exact) mass is 479 g/mol. The van der Waals surface area contributed by atoms with Crippen LogP contribution in [0.5, 0.6) is 0 Å². The van der Waals surface area contributed by atoms with Crippen molar-refractivity contribution in [3.8, 4) is 0 Å². The summed E-state index contributed by atoms with van der Waals surface area (Å²) in [5.41, 5.74) is 1.72. The maximum Gasteiger partial charge on any atom is 0.336 e. The number of hydrogen-bond acceptors (Lipinski definition) is 9. The molecule has 0 aromatic heterocycles. The summed E-state index contributed by atoms with van der Waals surface area (Å²) in [6.45, 7) is 18.4. The molecule has 2 saturated heterocycles. The first-order valence-electron chi connectivity index (χ1n) is 12.3. The average molecular weight is 480 g/mol. The Kier molecular flexibility index (Phi) is 9.14. The molecule has 0 spiro atoms. The van der Waals surface area contributed by atoms with Gasteiger partial charge in [-0.05, 0) is 34.6 Å². The van der Waals surface area contributed by atoms with Crippen molar-refractivity contribution in [3.05, 3.63) is 22.5 Å². The Hall–Kier alpha value is -1.94. The van der Waals surface area contributed by atoms with E-state index < -0.39 is 23.5 Å². The highest BCUT2D eigenvalue weighted by Crippen LogP contribution is 2.32. The molecule has 34 heavy (non-hydrogen) atoms. The van der Waals surface area contributed by atoms with Crippen molar-refractivity contribution in [3.63, 3.8) is 0 Å². The van der Waals surface area contributed by atoms with Crippen molar-refractivity contribution in [2.45, 2.75) is 53.2 Å². The Morgan fingerprint density at radius 3 is 1.79 bits per heavy atom. The predicted molar refractivity (Wildman–Crippen MR) is 128 cm³/mol. The number of morpholine rings is 2. The molecule has 3 rings (SSSR count). The van der Waals surface area contributed by atoms with Gasteiger partial charge in [0.05, 0.1) is 37.6 Å². The number of dihydropyridines is 1. The highest BCUT2D eigenvalue weighted by Gasteiger charge is 2.36. The van der Waals surface area contributed by atoms with Gasteiger partial charge in [-0.25, -0.2) is 9.59 Å².